The highest BCUT2D eigenvalue weighted by Crippen LogP contribution is 2.29. The third-order valence-corrected chi connectivity index (χ3v) is 5.20. The highest BCUT2D eigenvalue weighted by molar-refractivity contribution is 7.92. The second kappa shape index (κ2) is 8.49. The van der Waals surface area contributed by atoms with Gasteiger partial charge in [-0.1, -0.05) is 6.07 Å². The molecule has 0 saturated heterocycles. The maximum Gasteiger partial charge on any atom is 0.335 e. The van der Waals surface area contributed by atoms with Crippen molar-refractivity contribution < 1.29 is 18.3 Å². The first kappa shape index (κ1) is 20.8. The van der Waals surface area contributed by atoms with Crippen LogP contribution in [0.4, 0.5) is 11.4 Å². The van der Waals surface area contributed by atoms with Crippen molar-refractivity contribution in [2.75, 3.05) is 17.5 Å². The average molecular weight is 400 g/mol. The molecule has 8 nitrogen and oxygen atoms in total. The summed E-state index contributed by atoms with van der Waals surface area (Å²) in [6.45, 7) is 5.25. The number of hydrogen-bond acceptors (Lipinski definition) is 6. The van der Waals surface area contributed by atoms with Gasteiger partial charge in [0.25, 0.3) is 10.0 Å². The van der Waals surface area contributed by atoms with Gasteiger partial charge in [-0.05, 0) is 55.1 Å². The minimum atomic E-state index is -4.05. The molecule has 146 valence electrons. The molecular weight excluding hydrogens is 380 g/mol. The van der Waals surface area contributed by atoms with Crippen molar-refractivity contribution in [3.05, 3.63) is 59.3 Å². The van der Waals surface area contributed by atoms with E-state index < -0.39 is 16.0 Å². The third-order valence-electron chi connectivity index (χ3n) is 3.84. The molecule has 28 heavy (non-hydrogen) atoms. The molecule has 2 aromatic rings. The number of carboxylic acid groups (broad SMARTS) is 1. The van der Waals surface area contributed by atoms with E-state index in [1.807, 2.05) is 6.92 Å². The van der Waals surface area contributed by atoms with Gasteiger partial charge in [0.15, 0.2) is 0 Å². The molecule has 0 aliphatic rings. The van der Waals surface area contributed by atoms with Crippen molar-refractivity contribution in [3.63, 3.8) is 0 Å². The molecule has 0 radical (unpaired) electrons. The van der Waals surface area contributed by atoms with E-state index in [9.17, 15) is 13.2 Å². The monoisotopic (exact) mass is 400 g/mol. The molecule has 2 rings (SSSR count). The van der Waals surface area contributed by atoms with Crippen LogP contribution < -0.4 is 10.5 Å². The SMILES string of the molecule is C=N/C=C(\C=NC)c1cc(NS(=O)(=O)c2cccc(C(=O)O)c2)c(N)cc1C. The Labute approximate surface area is 163 Å². The van der Waals surface area contributed by atoms with Gasteiger partial charge in [0, 0.05) is 25.0 Å². The van der Waals surface area contributed by atoms with E-state index in [2.05, 4.69) is 21.4 Å². The Kier molecular flexibility index (Phi) is 6.32. The third kappa shape index (κ3) is 4.63. The fourth-order valence-corrected chi connectivity index (χ4v) is 3.66. The number of aromatic carboxylic acids is 1. The smallest absolute Gasteiger partial charge is 0.335 e. The standard InChI is InChI=1S/C19H20N4O4S/c1-12-7-17(20)18(9-16(12)14(10-21-2)11-22-3)23-28(26,27)15-6-4-5-13(8-15)19(24)25/h4-11,23H,2,20H2,1,3H3,(H,24,25)/b14-10+,22-11?. The molecule has 0 aliphatic carbocycles. The number of aryl methyl sites for hydroxylation is 1. The summed E-state index contributed by atoms with van der Waals surface area (Å²) in [6, 6.07) is 8.24. The Bertz CT molecular complexity index is 1090. The molecule has 0 bridgehead atoms. The molecule has 9 heteroatoms. The number of anilines is 2. The molecule has 0 aromatic heterocycles. The normalized spacial score (nSPS) is 12.1. The van der Waals surface area contributed by atoms with Crippen LogP contribution in [0.15, 0.2) is 57.5 Å². The predicted molar refractivity (Wildman–Crippen MR) is 112 cm³/mol. The number of carboxylic acids is 1. The van der Waals surface area contributed by atoms with Crippen molar-refractivity contribution in [3.8, 4) is 0 Å². The van der Waals surface area contributed by atoms with Gasteiger partial charge in [-0.3, -0.25) is 14.7 Å². The number of benzene rings is 2. The highest BCUT2D eigenvalue weighted by Gasteiger charge is 2.19. The predicted octanol–water partition coefficient (Wildman–Crippen LogP) is 2.82. The molecule has 0 atom stereocenters. The second-order valence-electron chi connectivity index (χ2n) is 5.85. The molecular formula is C19H20N4O4S. The summed E-state index contributed by atoms with van der Waals surface area (Å²) < 4.78 is 27.8. The van der Waals surface area contributed by atoms with E-state index in [-0.39, 0.29) is 21.8 Å². The van der Waals surface area contributed by atoms with Crippen LogP contribution in [-0.2, 0) is 10.0 Å². The number of rotatable bonds is 7. The highest BCUT2D eigenvalue weighted by atomic mass is 32.2. The van der Waals surface area contributed by atoms with Gasteiger partial charge < -0.3 is 10.8 Å². The molecule has 2 aromatic carbocycles. The first-order valence-corrected chi connectivity index (χ1v) is 9.52. The number of nitrogen functional groups attached to an aromatic ring is 1. The molecule has 0 spiro atoms. The van der Waals surface area contributed by atoms with Crippen LogP contribution in [0.3, 0.4) is 0 Å². The van der Waals surface area contributed by atoms with E-state index in [0.717, 1.165) is 11.6 Å². The van der Waals surface area contributed by atoms with Gasteiger partial charge in [-0.2, -0.15) is 0 Å². The van der Waals surface area contributed by atoms with Crippen LogP contribution in [0.5, 0.6) is 0 Å². The Morgan fingerprint density at radius 2 is 2.00 bits per heavy atom. The molecule has 0 unspecified atom stereocenters. The second-order valence-corrected chi connectivity index (χ2v) is 7.53. The van der Waals surface area contributed by atoms with Crippen LogP contribution in [0.25, 0.3) is 5.57 Å². The summed E-state index contributed by atoms with van der Waals surface area (Å²) in [4.78, 5) is 18.6. The number of nitrogens with two attached hydrogens (primary N) is 1. The number of aliphatic imine (C=N–C) groups is 2. The molecule has 0 fully saturated rings. The Morgan fingerprint density at radius 1 is 1.29 bits per heavy atom. The number of nitrogens with one attached hydrogen (secondary N) is 1. The van der Waals surface area contributed by atoms with Crippen LogP contribution in [-0.4, -0.2) is 39.5 Å². The van der Waals surface area contributed by atoms with Gasteiger partial charge in [-0.15, -0.1) is 0 Å². The van der Waals surface area contributed by atoms with Crippen molar-refractivity contribution in [1.29, 1.82) is 0 Å². The van der Waals surface area contributed by atoms with E-state index in [1.54, 1.807) is 25.4 Å². The molecule has 0 aliphatic heterocycles. The van der Waals surface area contributed by atoms with Crippen molar-refractivity contribution in [1.82, 2.24) is 0 Å². The Balaban J connectivity index is 2.52. The lowest BCUT2D eigenvalue weighted by Crippen LogP contribution is -2.15. The molecule has 0 heterocycles. The lowest BCUT2D eigenvalue weighted by molar-refractivity contribution is 0.0696. The van der Waals surface area contributed by atoms with Crippen molar-refractivity contribution in [2.24, 2.45) is 9.98 Å². The van der Waals surface area contributed by atoms with Crippen molar-refractivity contribution >= 4 is 45.9 Å². The maximum absolute atomic E-state index is 12.7. The summed E-state index contributed by atoms with van der Waals surface area (Å²) in [5.74, 6) is -1.22. The number of hydrogen-bond donors (Lipinski definition) is 3. The number of sulfonamides is 1. The average Bonchev–Trinajstić information content (AvgIpc) is 2.64. The first-order chi connectivity index (χ1) is 13.2. The fourth-order valence-electron chi connectivity index (χ4n) is 2.54. The van der Waals surface area contributed by atoms with Gasteiger partial charge in [0.05, 0.1) is 21.8 Å². The molecule has 4 N–H and O–H groups in total. The van der Waals surface area contributed by atoms with Crippen LogP contribution in [0.2, 0.25) is 0 Å². The van der Waals surface area contributed by atoms with Crippen LogP contribution in [0, 0.1) is 6.92 Å². The summed E-state index contributed by atoms with van der Waals surface area (Å²) in [5, 5.41) is 9.07. The minimum Gasteiger partial charge on any atom is -0.478 e. The van der Waals surface area contributed by atoms with E-state index >= 15 is 0 Å². The summed E-state index contributed by atoms with van der Waals surface area (Å²) in [5.41, 5.74) is 8.32. The van der Waals surface area contributed by atoms with Gasteiger partial charge in [-0.25, -0.2) is 13.2 Å². The van der Waals surface area contributed by atoms with E-state index in [4.69, 9.17) is 10.8 Å². The largest absolute Gasteiger partial charge is 0.478 e. The van der Waals surface area contributed by atoms with Crippen LogP contribution in [0.1, 0.15) is 21.5 Å². The van der Waals surface area contributed by atoms with E-state index in [0.29, 0.717) is 11.1 Å². The summed E-state index contributed by atoms with van der Waals surface area (Å²) >= 11 is 0. The van der Waals surface area contributed by atoms with Crippen LogP contribution >= 0.6 is 0 Å². The molecule has 0 saturated carbocycles. The molecule has 0 amide bonds. The topological polar surface area (TPSA) is 134 Å². The lowest BCUT2D eigenvalue weighted by atomic mass is 10.0. The fraction of sp³-hybridized carbons (Fsp3) is 0.105. The number of carbonyl (C=O) groups is 1. The van der Waals surface area contributed by atoms with Gasteiger partial charge in [0.1, 0.15) is 0 Å². The van der Waals surface area contributed by atoms with Gasteiger partial charge >= 0.3 is 5.97 Å². The van der Waals surface area contributed by atoms with Gasteiger partial charge in [0.2, 0.25) is 0 Å². The van der Waals surface area contributed by atoms with Crippen molar-refractivity contribution in [2.45, 2.75) is 11.8 Å². The zero-order chi connectivity index (χ0) is 20.9. The Hall–Kier alpha value is -3.46. The summed E-state index contributed by atoms with van der Waals surface area (Å²) in [7, 11) is -2.45. The summed E-state index contributed by atoms with van der Waals surface area (Å²) in [6.07, 6.45) is 3.07. The quantitative estimate of drug-likeness (QED) is 0.485. The maximum atomic E-state index is 12.7. The lowest BCUT2D eigenvalue weighted by Gasteiger charge is -2.15. The Morgan fingerprint density at radius 3 is 2.61 bits per heavy atom. The minimum absolute atomic E-state index is 0.137. The zero-order valence-electron chi connectivity index (χ0n) is 15.4. The number of nitrogens with zero attached hydrogens (tertiary/aromatic N) is 2. The van der Waals surface area contributed by atoms with E-state index in [1.165, 1.54) is 24.4 Å². The zero-order valence-corrected chi connectivity index (χ0v) is 16.2. The first-order valence-electron chi connectivity index (χ1n) is 8.04. The number of allylic oxidation sites excluding steroid dienone is 1.